The molecular weight excluding hydrogens is 471 g/mol. The van der Waals surface area contributed by atoms with Gasteiger partial charge in [-0.05, 0) is 72.9 Å². The first kappa shape index (κ1) is 23.1. The highest BCUT2D eigenvalue weighted by atomic mass is 32.1. The molecule has 0 saturated carbocycles. The van der Waals surface area contributed by atoms with Gasteiger partial charge in [0.25, 0.3) is 11.5 Å². The molecule has 0 aliphatic carbocycles. The summed E-state index contributed by atoms with van der Waals surface area (Å²) in [7, 11) is 1.57. The average Bonchev–Trinajstić information content (AvgIpc) is 3.31. The van der Waals surface area contributed by atoms with Gasteiger partial charge in [0, 0.05) is 24.2 Å². The van der Waals surface area contributed by atoms with Gasteiger partial charge in [0.2, 0.25) is 0 Å². The quantitative estimate of drug-likeness (QED) is 0.457. The van der Waals surface area contributed by atoms with Crippen LogP contribution in [0.25, 0.3) is 21.5 Å². The number of fused-ring (bicyclic) bond motifs is 1. The van der Waals surface area contributed by atoms with Crippen molar-refractivity contribution in [2.24, 2.45) is 0 Å². The van der Waals surface area contributed by atoms with Crippen LogP contribution in [0.3, 0.4) is 0 Å². The van der Waals surface area contributed by atoms with Crippen LogP contribution >= 0.6 is 11.5 Å². The lowest BCUT2D eigenvalue weighted by Gasteiger charge is -2.38. The molecule has 1 aliphatic heterocycles. The van der Waals surface area contributed by atoms with Gasteiger partial charge in [-0.1, -0.05) is 0 Å². The van der Waals surface area contributed by atoms with Crippen molar-refractivity contribution < 1.29 is 19.0 Å². The lowest BCUT2D eigenvalue weighted by molar-refractivity contribution is -0.0299. The van der Waals surface area contributed by atoms with Crippen LogP contribution < -0.4 is 10.3 Å². The zero-order valence-electron chi connectivity index (χ0n) is 19.0. The van der Waals surface area contributed by atoms with Gasteiger partial charge in [0.05, 0.1) is 25.6 Å². The van der Waals surface area contributed by atoms with Crippen LogP contribution in [-0.4, -0.2) is 55.6 Å². The van der Waals surface area contributed by atoms with E-state index in [1.807, 2.05) is 0 Å². The second kappa shape index (κ2) is 9.20. The van der Waals surface area contributed by atoms with Crippen molar-refractivity contribution in [2.75, 3.05) is 20.2 Å². The number of nitrogens with zero attached hydrogens (tertiary/aromatic N) is 4. The highest BCUT2D eigenvalue weighted by molar-refractivity contribution is 7.13. The SMILES string of the molecule is COc1ccc(C(=O)N2CCC(O)(Cn3cnc4c(-c5ccc(F)cc5)nsc4c3=O)CC2)cc1. The zero-order chi connectivity index (χ0) is 24.6. The van der Waals surface area contributed by atoms with Gasteiger partial charge in [-0.15, -0.1) is 0 Å². The Balaban J connectivity index is 1.30. The minimum Gasteiger partial charge on any atom is -0.497 e. The maximum absolute atomic E-state index is 13.3. The van der Waals surface area contributed by atoms with Crippen LogP contribution in [-0.2, 0) is 6.54 Å². The number of hydrogen-bond acceptors (Lipinski definition) is 7. The zero-order valence-corrected chi connectivity index (χ0v) is 19.8. The van der Waals surface area contributed by atoms with Crippen LogP contribution in [0.15, 0.2) is 59.7 Å². The van der Waals surface area contributed by atoms with Crippen molar-refractivity contribution in [3.63, 3.8) is 0 Å². The Bertz CT molecular complexity index is 1420. The fraction of sp³-hybridized carbons (Fsp3) is 0.280. The summed E-state index contributed by atoms with van der Waals surface area (Å²) in [6.07, 6.45) is 2.09. The first-order chi connectivity index (χ1) is 16.9. The van der Waals surface area contributed by atoms with Gasteiger partial charge in [0.15, 0.2) is 0 Å². The average molecular weight is 495 g/mol. The van der Waals surface area contributed by atoms with Gasteiger partial charge < -0.3 is 14.7 Å². The molecule has 1 aliphatic rings. The van der Waals surface area contributed by atoms with Gasteiger partial charge in [-0.25, -0.2) is 9.37 Å². The van der Waals surface area contributed by atoms with Crippen molar-refractivity contribution >= 4 is 27.7 Å². The molecule has 0 atom stereocenters. The molecule has 3 heterocycles. The molecule has 10 heteroatoms. The summed E-state index contributed by atoms with van der Waals surface area (Å²) in [5.41, 5.74) is 0.790. The van der Waals surface area contributed by atoms with Gasteiger partial charge in [0.1, 0.15) is 27.5 Å². The fourth-order valence-corrected chi connectivity index (χ4v) is 5.09. The number of methoxy groups -OCH3 is 1. The number of carbonyl (C=O) groups is 1. The molecular formula is C25H23FN4O4S. The summed E-state index contributed by atoms with van der Waals surface area (Å²) in [5, 5.41) is 11.2. The van der Waals surface area contributed by atoms with Crippen molar-refractivity contribution in [3.8, 4) is 17.0 Å². The summed E-state index contributed by atoms with van der Waals surface area (Å²) >= 11 is 1.04. The molecule has 1 amide bonds. The molecule has 2 aromatic carbocycles. The van der Waals surface area contributed by atoms with E-state index in [2.05, 4.69) is 9.36 Å². The van der Waals surface area contributed by atoms with Crippen molar-refractivity contribution in [1.29, 1.82) is 0 Å². The Hall–Kier alpha value is -3.63. The molecule has 0 radical (unpaired) electrons. The molecule has 0 bridgehead atoms. The summed E-state index contributed by atoms with van der Waals surface area (Å²) in [6, 6.07) is 12.8. The van der Waals surface area contributed by atoms with Crippen LogP contribution in [0.2, 0.25) is 0 Å². The molecule has 1 N–H and O–H groups in total. The number of aromatic nitrogens is 3. The number of rotatable bonds is 5. The lowest BCUT2D eigenvalue weighted by Crippen LogP contribution is -2.49. The highest BCUT2D eigenvalue weighted by Gasteiger charge is 2.35. The second-order valence-electron chi connectivity index (χ2n) is 8.64. The highest BCUT2D eigenvalue weighted by Crippen LogP contribution is 2.29. The number of piperidine rings is 1. The van der Waals surface area contributed by atoms with Crippen LogP contribution in [0.4, 0.5) is 4.39 Å². The lowest BCUT2D eigenvalue weighted by atomic mass is 9.91. The Morgan fingerprint density at radius 2 is 1.83 bits per heavy atom. The number of halogens is 1. The first-order valence-corrected chi connectivity index (χ1v) is 11.9. The molecule has 35 heavy (non-hydrogen) atoms. The minimum absolute atomic E-state index is 0.0725. The maximum Gasteiger partial charge on any atom is 0.273 e. The third-order valence-electron chi connectivity index (χ3n) is 6.35. The molecule has 5 rings (SSSR count). The summed E-state index contributed by atoms with van der Waals surface area (Å²) in [6.45, 7) is 0.825. The molecule has 0 unspecified atom stereocenters. The topological polar surface area (TPSA) is 97.6 Å². The molecule has 8 nitrogen and oxygen atoms in total. The number of amides is 1. The largest absolute Gasteiger partial charge is 0.497 e. The van der Waals surface area contributed by atoms with Gasteiger partial charge in [-0.2, -0.15) is 4.37 Å². The van der Waals surface area contributed by atoms with Crippen LogP contribution in [0.1, 0.15) is 23.2 Å². The monoisotopic (exact) mass is 494 g/mol. The molecule has 4 aromatic rings. The molecule has 180 valence electrons. The van der Waals surface area contributed by atoms with E-state index in [-0.39, 0.29) is 23.8 Å². The van der Waals surface area contributed by atoms with E-state index in [1.165, 1.54) is 23.0 Å². The minimum atomic E-state index is -1.14. The van der Waals surface area contributed by atoms with E-state index in [4.69, 9.17) is 4.74 Å². The normalized spacial score (nSPS) is 15.3. The van der Waals surface area contributed by atoms with Crippen LogP contribution in [0.5, 0.6) is 5.75 Å². The van der Waals surface area contributed by atoms with Gasteiger partial charge in [-0.3, -0.25) is 14.2 Å². The number of aliphatic hydroxyl groups is 1. The number of benzene rings is 2. The number of hydrogen-bond donors (Lipinski definition) is 1. The number of ether oxygens (including phenoxy) is 1. The molecule has 2 aromatic heterocycles. The summed E-state index contributed by atoms with van der Waals surface area (Å²) < 4.78 is 24.5. The Kier molecular flexibility index (Phi) is 6.08. The summed E-state index contributed by atoms with van der Waals surface area (Å²) in [5.74, 6) is 0.220. The van der Waals surface area contributed by atoms with E-state index in [0.717, 1.165) is 11.5 Å². The second-order valence-corrected chi connectivity index (χ2v) is 9.41. The molecule has 1 saturated heterocycles. The number of likely N-dealkylation sites (tertiary alicyclic amines) is 1. The van der Waals surface area contributed by atoms with Gasteiger partial charge >= 0.3 is 0 Å². The molecule has 1 fully saturated rings. The first-order valence-electron chi connectivity index (χ1n) is 11.1. The standard InChI is InChI=1S/C25H23FN4O4S/c1-34-19-8-4-17(5-9-19)23(31)29-12-10-25(33,11-13-29)14-30-15-27-21-20(28-35-22(21)24(30)32)16-2-6-18(26)7-3-16/h2-9,15,33H,10-14H2,1H3. The third-order valence-corrected chi connectivity index (χ3v) is 7.17. The van der Waals surface area contributed by atoms with Crippen molar-refractivity contribution in [2.45, 2.75) is 25.0 Å². The Morgan fingerprint density at radius 3 is 2.49 bits per heavy atom. The van der Waals surface area contributed by atoms with E-state index < -0.39 is 5.60 Å². The Morgan fingerprint density at radius 1 is 1.14 bits per heavy atom. The Labute approximate surface area is 204 Å². The van der Waals surface area contributed by atoms with Crippen LogP contribution in [0, 0.1) is 5.82 Å². The third kappa shape index (κ3) is 4.54. The van der Waals surface area contributed by atoms with E-state index in [0.29, 0.717) is 58.7 Å². The maximum atomic E-state index is 13.3. The smallest absolute Gasteiger partial charge is 0.273 e. The number of carbonyl (C=O) groups excluding carboxylic acids is 1. The van der Waals surface area contributed by atoms with Crippen molar-refractivity contribution in [1.82, 2.24) is 18.8 Å². The van der Waals surface area contributed by atoms with E-state index in [9.17, 15) is 19.1 Å². The fourth-order valence-electron chi connectivity index (χ4n) is 4.28. The summed E-state index contributed by atoms with van der Waals surface area (Å²) in [4.78, 5) is 32.1. The van der Waals surface area contributed by atoms with Crippen molar-refractivity contribution in [3.05, 3.63) is 76.6 Å². The predicted octanol–water partition coefficient (Wildman–Crippen LogP) is 3.34. The van der Waals surface area contributed by atoms with E-state index >= 15 is 0 Å². The molecule has 0 spiro atoms. The predicted molar refractivity (Wildman–Crippen MR) is 130 cm³/mol. The van der Waals surface area contributed by atoms with E-state index in [1.54, 1.807) is 48.4 Å².